The van der Waals surface area contributed by atoms with Gasteiger partial charge in [0, 0.05) is 11.7 Å². The zero-order chi connectivity index (χ0) is 18.4. The van der Waals surface area contributed by atoms with Crippen LogP contribution in [0.2, 0.25) is 0 Å². The van der Waals surface area contributed by atoms with Crippen molar-refractivity contribution in [1.29, 1.82) is 0 Å². The molecule has 2 rings (SSSR count). The summed E-state index contributed by atoms with van der Waals surface area (Å²) in [7, 11) is 0. The van der Waals surface area contributed by atoms with Crippen LogP contribution in [-0.4, -0.2) is 12.5 Å². The number of hydrogen-bond acceptors (Lipinski definition) is 2. The van der Waals surface area contributed by atoms with E-state index in [0.717, 1.165) is 16.8 Å². The maximum absolute atomic E-state index is 13.1. The van der Waals surface area contributed by atoms with E-state index in [0.29, 0.717) is 5.92 Å². The van der Waals surface area contributed by atoms with Crippen molar-refractivity contribution in [2.75, 3.05) is 11.9 Å². The summed E-state index contributed by atoms with van der Waals surface area (Å²) >= 11 is 0. The Hall–Kier alpha value is -2.20. The van der Waals surface area contributed by atoms with E-state index in [9.17, 15) is 9.18 Å². The van der Waals surface area contributed by atoms with Crippen LogP contribution in [0.15, 0.2) is 48.5 Å². The molecule has 2 N–H and O–H groups in total. The van der Waals surface area contributed by atoms with Crippen LogP contribution in [0.1, 0.15) is 50.8 Å². The molecule has 134 valence electrons. The number of amides is 1. The molecule has 0 aliphatic rings. The van der Waals surface area contributed by atoms with Gasteiger partial charge in [-0.05, 0) is 41.2 Å². The number of nitrogens with one attached hydrogen (secondary N) is 2. The van der Waals surface area contributed by atoms with E-state index in [1.807, 2.05) is 24.3 Å². The minimum atomic E-state index is -0.255. The molecule has 0 bridgehead atoms. The van der Waals surface area contributed by atoms with Crippen LogP contribution < -0.4 is 10.6 Å². The number of halogens is 1. The first-order valence-electron chi connectivity index (χ1n) is 8.76. The average Bonchev–Trinajstić information content (AvgIpc) is 2.56. The van der Waals surface area contributed by atoms with Gasteiger partial charge in [0.15, 0.2) is 0 Å². The number of benzene rings is 2. The molecule has 0 unspecified atom stereocenters. The lowest BCUT2D eigenvalue weighted by molar-refractivity contribution is -0.115. The third-order valence-corrected chi connectivity index (χ3v) is 4.24. The quantitative estimate of drug-likeness (QED) is 0.753. The van der Waals surface area contributed by atoms with Gasteiger partial charge in [-0.15, -0.1) is 0 Å². The van der Waals surface area contributed by atoms with Gasteiger partial charge in [-0.1, -0.05) is 58.0 Å². The first-order valence-corrected chi connectivity index (χ1v) is 8.76. The van der Waals surface area contributed by atoms with Crippen molar-refractivity contribution in [3.63, 3.8) is 0 Å². The molecule has 0 aromatic heterocycles. The Labute approximate surface area is 149 Å². The molecule has 2 aromatic rings. The lowest BCUT2D eigenvalue weighted by Crippen LogP contribution is -2.33. The second-order valence-corrected chi connectivity index (χ2v) is 6.94. The minimum Gasteiger partial charge on any atom is -0.325 e. The van der Waals surface area contributed by atoms with Crippen molar-refractivity contribution in [2.24, 2.45) is 5.92 Å². The Morgan fingerprint density at radius 3 is 2.24 bits per heavy atom. The highest BCUT2D eigenvalue weighted by molar-refractivity contribution is 5.93. The third kappa shape index (κ3) is 5.40. The molecule has 1 atom stereocenters. The molecule has 0 fully saturated rings. The summed E-state index contributed by atoms with van der Waals surface area (Å²) in [5.41, 5.74) is 2.95. The van der Waals surface area contributed by atoms with Crippen molar-refractivity contribution >= 4 is 11.6 Å². The predicted molar refractivity (Wildman–Crippen MR) is 101 cm³/mol. The fourth-order valence-corrected chi connectivity index (χ4v) is 2.92. The fourth-order valence-electron chi connectivity index (χ4n) is 2.92. The molecule has 0 aliphatic heterocycles. The van der Waals surface area contributed by atoms with Crippen LogP contribution in [-0.2, 0) is 4.79 Å². The lowest BCUT2D eigenvalue weighted by Gasteiger charge is -2.23. The van der Waals surface area contributed by atoms with Gasteiger partial charge in [0.25, 0.3) is 0 Å². The van der Waals surface area contributed by atoms with Crippen molar-refractivity contribution in [1.82, 2.24) is 5.32 Å². The molecule has 0 aliphatic carbocycles. The smallest absolute Gasteiger partial charge is 0.238 e. The second-order valence-electron chi connectivity index (χ2n) is 6.94. The highest BCUT2D eigenvalue weighted by atomic mass is 19.1. The van der Waals surface area contributed by atoms with E-state index in [1.165, 1.54) is 12.1 Å². The average molecular weight is 342 g/mol. The van der Waals surface area contributed by atoms with Crippen LogP contribution in [0.5, 0.6) is 0 Å². The van der Waals surface area contributed by atoms with Gasteiger partial charge in [0.05, 0.1) is 6.54 Å². The summed E-state index contributed by atoms with van der Waals surface area (Å²) in [6.45, 7) is 8.56. The largest absolute Gasteiger partial charge is 0.325 e. The van der Waals surface area contributed by atoms with E-state index < -0.39 is 0 Å². The number of anilines is 1. The molecule has 25 heavy (non-hydrogen) atoms. The number of carbonyl (C=O) groups excluding carboxylic acids is 1. The highest BCUT2D eigenvalue weighted by Crippen LogP contribution is 2.24. The Morgan fingerprint density at radius 2 is 1.64 bits per heavy atom. The monoisotopic (exact) mass is 342 g/mol. The zero-order valence-electron chi connectivity index (χ0n) is 15.3. The fraction of sp³-hybridized carbons (Fsp3) is 0.381. The first-order chi connectivity index (χ1) is 11.9. The van der Waals surface area contributed by atoms with Crippen LogP contribution in [0.25, 0.3) is 0 Å². The first kappa shape index (κ1) is 19.1. The third-order valence-electron chi connectivity index (χ3n) is 4.24. The van der Waals surface area contributed by atoms with Crippen molar-refractivity contribution in [3.05, 3.63) is 65.5 Å². The van der Waals surface area contributed by atoms with E-state index in [2.05, 4.69) is 38.3 Å². The minimum absolute atomic E-state index is 0.00769. The number of para-hydroxylation sites is 1. The van der Waals surface area contributed by atoms with Crippen LogP contribution >= 0.6 is 0 Å². The maximum Gasteiger partial charge on any atom is 0.238 e. The maximum atomic E-state index is 13.1. The predicted octanol–water partition coefficient (Wildman–Crippen LogP) is 4.87. The molecular formula is C21H27FN2O. The van der Waals surface area contributed by atoms with Crippen LogP contribution in [0.4, 0.5) is 10.1 Å². The Kier molecular flexibility index (Phi) is 6.71. The summed E-state index contributed by atoms with van der Waals surface area (Å²) in [5.74, 6) is 0.281. The van der Waals surface area contributed by atoms with Crippen molar-refractivity contribution in [2.45, 2.75) is 39.7 Å². The lowest BCUT2D eigenvalue weighted by atomic mass is 9.96. The molecule has 0 spiro atoms. The molecule has 4 heteroatoms. The summed E-state index contributed by atoms with van der Waals surface area (Å²) in [4.78, 5) is 12.4. The van der Waals surface area contributed by atoms with Gasteiger partial charge in [-0.25, -0.2) is 4.39 Å². The highest BCUT2D eigenvalue weighted by Gasteiger charge is 2.17. The van der Waals surface area contributed by atoms with E-state index in [-0.39, 0.29) is 30.2 Å². The van der Waals surface area contributed by atoms with Gasteiger partial charge < -0.3 is 10.6 Å². The molecule has 0 saturated heterocycles. The van der Waals surface area contributed by atoms with E-state index in [1.54, 1.807) is 12.1 Å². The number of carbonyl (C=O) groups is 1. The summed E-state index contributed by atoms with van der Waals surface area (Å²) in [5, 5.41) is 6.27. The summed E-state index contributed by atoms with van der Waals surface area (Å²) in [6.07, 6.45) is 0. The van der Waals surface area contributed by atoms with Gasteiger partial charge >= 0.3 is 0 Å². The van der Waals surface area contributed by atoms with Gasteiger partial charge in [0.1, 0.15) is 5.82 Å². The van der Waals surface area contributed by atoms with Crippen LogP contribution in [0.3, 0.4) is 0 Å². The molecule has 1 amide bonds. The zero-order valence-corrected chi connectivity index (χ0v) is 15.3. The van der Waals surface area contributed by atoms with Gasteiger partial charge in [0.2, 0.25) is 5.91 Å². The van der Waals surface area contributed by atoms with Crippen molar-refractivity contribution in [3.8, 4) is 0 Å². The standard InChI is InChI=1S/C21H27FN2O/c1-14(2)18-7-5-6-8-19(18)24-20(25)13-23-21(15(3)4)16-9-11-17(22)12-10-16/h5-12,14-15,21,23H,13H2,1-4H3,(H,24,25)/t21-/m0/s1. The molecule has 3 nitrogen and oxygen atoms in total. The Morgan fingerprint density at radius 1 is 1.00 bits per heavy atom. The Balaban J connectivity index is 2.01. The van der Waals surface area contributed by atoms with Gasteiger partial charge in [-0.2, -0.15) is 0 Å². The van der Waals surface area contributed by atoms with Crippen molar-refractivity contribution < 1.29 is 9.18 Å². The normalized spacial score (nSPS) is 12.4. The molecular weight excluding hydrogens is 315 g/mol. The molecule has 0 radical (unpaired) electrons. The van der Waals surface area contributed by atoms with Crippen LogP contribution in [0, 0.1) is 11.7 Å². The number of rotatable bonds is 7. The van der Waals surface area contributed by atoms with Gasteiger partial charge in [-0.3, -0.25) is 4.79 Å². The second kappa shape index (κ2) is 8.77. The molecule has 0 saturated carbocycles. The van der Waals surface area contributed by atoms with E-state index >= 15 is 0 Å². The Bertz CT molecular complexity index is 695. The summed E-state index contributed by atoms with van der Waals surface area (Å²) in [6, 6.07) is 14.3. The summed E-state index contributed by atoms with van der Waals surface area (Å²) < 4.78 is 13.1. The molecule has 0 heterocycles. The topological polar surface area (TPSA) is 41.1 Å². The van der Waals surface area contributed by atoms with E-state index in [4.69, 9.17) is 0 Å². The SMILES string of the molecule is CC(C)c1ccccc1NC(=O)CN[C@H](c1ccc(F)cc1)C(C)C. The number of hydrogen-bond donors (Lipinski definition) is 2. The molecule has 2 aromatic carbocycles.